The second kappa shape index (κ2) is 5.74. The number of aliphatic hydroxyl groups excluding tert-OH is 1. The first kappa shape index (κ1) is 12.7. The predicted octanol–water partition coefficient (Wildman–Crippen LogP) is 1.64. The summed E-state index contributed by atoms with van der Waals surface area (Å²) in [4.78, 5) is 2.62. The van der Waals surface area contributed by atoms with E-state index in [0.29, 0.717) is 11.6 Å². The van der Waals surface area contributed by atoms with E-state index in [1.54, 1.807) is 6.20 Å². The van der Waals surface area contributed by atoms with Crippen LogP contribution in [0.4, 0.5) is 0 Å². The van der Waals surface area contributed by atoms with E-state index in [9.17, 15) is 0 Å². The first-order valence-corrected chi connectivity index (χ1v) is 6.63. The maximum absolute atomic E-state index is 8.63. The molecular weight excluding hydrogens is 216 g/mol. The Labute approximate surface area is 104 Å². The van der Waals surface area contributed by atoms with Gasteiger partial charge in [0.05, 0.1) is 6.26 Å². The van der Waals surface area contributed by atoms with Gasteiger partial charge in [-0.05, 0) is 32.6 Å². The number of likely N-dealkylation sites (tertiary alicyclic amines) is 1. The fraction of sp³-hybridized carbons (Fsp3) is 0.846. The van der Waals surface area contributed by atoms with E-state index in [1.165, 1.54) is 0 Å². The Morgan fingerprint density at radius 1 is 1.29 bits per heavy atom. The lowest BCUT2D eigenvalue weighted by Gasteiger charge is -2.47. The predicted molar refractivity (Wildman–Crippen MR) is 68.0 cm³/mol. The summed E-state index contributed by atoms with van der Waals surface area (Å²) in [6.07, 6.45) is 7.33. The van der Waals surface area contributed by atoms with E-state index in [-0.39, 0.29) is 0 Å². The molecule has 0 radical (unpaired) electrons. The maximum Gasteiger partial charge on any atom is 0.0948 e. The third-order valence-corrected chi connectivity index (χ3v) is 4.23. The van der Waals surface area contributed by atoms with E-state index in [0.717, 1.165) is 58.2 Å². The second-order valence-corrected chi connectivity index (χ2v) is 5.35. The fourth-order valence-electron chi connectivity index (χ4n) is 2.89. The monoisotopic (exact) mass is 240 g/mol. The molecule has 0 atom stereocenters. The third kappa shape index (κ3) is 3.13. The van der Waals surface area contributed by atoms with Crippen molar-refractivity contribution in [2.75, 3.05) is 26.3 Å². The number of nitrogens with zero attached hydrogens (tertiary/aromatic N) is 1. The molecule has 2 rings (SSSR count). The highest BCUT2D eigenvalue weighted by Crippen LogP contribution is 2.30. The van der Waals surface area contributed by atoms with Gasteiger partial charge in [-0.15, -0.1) is 0 Å². The average Bonchev–Trinajstić information content (AvgIpc) is 2.38. The minimum Gasteiger partial charge on any atom is -0.514 e. The van der Waals surface area contributed by atoms with Crippen molar-refractivity contribution in [3.63, 3.8) is 0 Å². The van der Waals surface area contributed by atoms with Crippen LogP contribution < -0.4 is 5.32 Å². The molecule has 2 N–H and O–H groups in total. The lowest BCUT2D eigenvalue weighted by molar-refractivity contribution is -0.0290. The highest BCUT2D eigenvalue weighted by Gasteiger charge is 2.35. The topological polar surface area (TPSA) is 44.7 Å². The number of hydrogen-bond donors (Lipinski definition) is 2. The van der Waals surface area contributed by atoms with Gasteiger partial charge in [0.15, 0.2) is 0 Å². The van der Waals surface area contributed by atoms with Gasteiger partial charge in [0.25, 0.3) is 0 Å². The van der Waals surface area contributed by atoms with Crippen molar-refractivity contribution in [3.8, 4) is 0 Å². The van der Waals surface area contributed by atoms with Gasteiger partial charge in [-0.1, -0.05) is 0 Å². The second-order valence-electron chi connectivity index (χ2n) is 5.35. The minimum atomic E-state index is 0.343. The molecule has 0 bridgehead atoms. The van der Waals surface area contributed by atoms with Crippen LogP contribution in [0.2, 0.25) is 0 Å². The van der Waals surface area contributed by atoms with E-state index in [4.69, 9.17) is 9.84 Å². The Morgan fingerprint density at radius 3 is 2.53 bits per heavy atom. The molecule has 2 fully saturated rings. The van der Waals surface area contributed by atoms with Gasteiger partial charge in [0.1, 0.15) is 0 Å². The Bertz CT molecular complexity index is 254. The van der Waals surface area contributed by atoms with Crippen LogP contribution in [0.5, 0.6) is 0 Å². The van der Waals surface area contributed by atoms with Crippen molar-refractivity contribution in [3.05, 3.63) is 12.5 Å². The van der Waals surface area contributed by atoms with Crippen LogP contribution >= 0.6 is 0 Å². The Balaban J connectivity index is 1.81. The highest BCUT2D eigenvalue weighted by atomic mass is 16.5. The molecule has 2 saturated heterocycles. The molecule has 17 heavy (non-hydrogen) atoms. The molecule has 2 aliphatic rings. The Morgan fingerprint density at radius 2 is 1.94 bits per heavy atom. The lowest BCUT2D eigenvalue weighted by atomic mass is 9.88. The van der Waals surface area contributed by atoms with Crippen LogP contribution in [0.3, 0.4) is 0 Å². The molecule has 2 heterocycles. The van der Waals surface area contributed by atoms with Crippen LogP contribution in [-0.2, 0) is 4.74 Å². The molecule has 0 aromatic heterocycles. The van der Waals surface area contributed by atoms with Crippen molar-refractivity contribution >= 4 is 0 Å². The summed E-state index contributed by atoms with van der Waals surface area (Å²) in [7, 11) is 0. The normalized spacial score (nSPS) is 27.4. The number of aliphatic hydroxyl groups is 1. The standard InChI is InChI=1S/C13H24N2O2/c1-13(4-10-17-11-5-13)15-7-2-12(3-8-15)14-6-9-16/h6,9,12,14,16H,2-5,7-8,10-11H2,1H3/b9-6-. The van der Waals surface area contributed by atoms with Gasteiger partial charge in [-0.3, -0.25) is 4.90 Å². The maximum atomic E-state index is 8.63. The van der Waals surface area contributed by atoms with Crippen LogP contribution in [0, 0.1) is 0 Å². The zero-order valence-electron chi connectivity index (χ0n) is 10.7. The largest absolute Gasteiger partial charge is 0.514 e. The summed E-state index contributed by atoms with van der Waals surface area (Å²) in [6.45, 7) is 6.47. The molecule has 2 aliphatic heterocycles. The Hall–Kier alpha value is -0.740. The molecule has 0 saturated carbocycles. The number of ether oxygens (including phenoxy) is 1. The number of hydrogen-bond acceptors (Lipinski definition) is 4. The molecule has 4 heteroatoms. The van der Waals surface area contributed by atoms with Crippen LogP contribution in [0.1, 0.15) is 32.6 Å². The average molecular weight is 240 g/mol. The first-order chi connectivity index (χ1) is 8.24. The van der Waals surface area contributed by atoms with E-state index in [1.807, 2.05) is 0 Å². The van der Waals surface area contributed by atoms with Crippen molar-refractivity contribution < 1.29 is 9.84 Å². The zero-order valence-corrected chi connectivity index (χ0v) is 10.7. The summed E-state index contributed by atoms with van der Waals surface area (Å²) >= 11 is 0. The van der Waals surface area contributed by atoms with Gasteiger partial charge < -0.3 is 15.2 Å². The molecule has 0 amide bonds. The summed E-state index contributed by atoms with van der Waals surface area (Å²) in [5, 5.41) is 11.9. The van der Waals surface area contributed by atoms with Crippen molar-refractivity contribution in [1.82, 2.24) is 10.2 Å². The highest BCUT2D eigenvalue weighted by molar-refractivity contribution is 4.92. The smallest absolute Gasteiger partial charge is 0.0948 e. The first-order valence-electron chi connectivity index (χ1n) is 6.63. The van der Waals surface area contributed by atoms with E-state index in [2.05, 4.69) is 17.1 Å². The molecule has 0 aromatic carbocycles. The van der Waals surface area contributed by atoms with Gasteiger partial charge in [-0.2, -0.15) is 0 Å². The summed E-state index contributed by atoms with van der Waals surface area (Å²) in [6, 6.07) is 0.512. The molecule has 0 spiro atoms. The molecule has 98 valence electrons. The van der Waals surface area contributed by atoms with E-state index >= 15 is 0 Å². The molecule has 0 unspecified atom stereocenters. The van der Waals surface area contributed by atoms with E-state index < -0.39 is 0 Å². The summed E-state index contributed by atoms with van der Waals surface area (Å²) in [5.41, 5.74) is 0.343. The molecule has 0 aliphatic carbocycles. The minimum absolute atomic E-state index is 0.343. The zero-order chi connectivity index (χ0) is 12.1. The van der Waals surface area contributed by atoms with Gasteiger partial charge in [-0.25, -0.2) is 0 Å². The van der Waals surface area contributed by atoms with Gasteiger partial charge in [0.2, 0.25) is 0 Å². The number of piperidine rings is 1. The number of nitrogens with one attached hydrogen (secondary N) is 1. The molecule has 0 aromatic rings. The van der Waals surface area contributed by atoms with Crippen LogP contribution in [0.15, 0.2) is 12.5 Å². The summed E-state index contributed by atoms with van der Waals surface area (Å²) < 4.78 is 5.45. The SMILES string of the molecule is CC1(N2CCC(N/C=C\O)CC2)CCOCC1. The molecular formula is C13H24N2O2. The lowest BCUT2D eigenvalue weighted by Crippen LogP contribution is -2.54. The van der Waals surface area contributed by atoms with Crippen molar-refractivity contribution in [2.45, 2.75) is 44.2 Å². The summed E-state index contributed by atoms with van der Waals surface area (Å²) in [5.74, 6) is 0. The van der Waals surface area contributed by atoms with Crippen LogP contribution in [0.25, 0.3) is 0 Å². The van der Waals surface area contributed by atoms with Gasteiger partial charge >= 0.3 is 0 Å². The van der Waals surface area contributed by atoms with Crippen molar-refractivity contribution in [2.24, 2.45) is 0 Å². The quantitative estimate of drug-likeness (QED) is 0.736. The molecule has 4 nitrogen and oxygen atoms in total. The fourth-order valence-corrected chi connectivity index (χ4v) is 2.89. The third-order valence-electron chi connectivity index (χ3n) is 4.23. The Kier molecular flexibility index (Phi) is 4.29. The number of rotatable bonds is 3. The van der Waals surface area contributed by atoms with Crippen molar-refractivity contribution in [1.29, 1.82) is 0 Å². The van der Waals surface area contributed by atoms with Crippen LogP contribution in [-0.4, -0.2) is 47.9 Å². The van der Waals surface area contributed by atoms with Gasteiger partial charge in [0, 0.05) is 44.1 Å².